The highest BCUT2D eigenvalue weighted by molar-refractivity contribution is 9.10. The summed E-state index contributed by atoms with van der Waals surface area (Å²) in [7, 11) is 0. The Labute approximate surface area is 85.2 Å². The van der Waals surface area contributed by atoms with Gasteiger partial charge in [0, 0.05) is 6.54 Å². The lowest BCUT2D eigenvalue weighted by Crippen LogP contribution is -2.11. The van der Waals surface area contributed by atoms with Crippen LogP contribution in [0.25, 0.3) is 0 Å². The van der Waals surface area contributed by atoms with Gasteiger partial charge >= 0.3 is 0 Å². The molecule has 0 aliphatic carbocycles. The number of rotatable bonds is 3. The van der Waals surface area contributed by atoms with E-state index in [1.807, 2.05) is 12.1 Å². The van der Waals surface area contributed by atoms with Gasteiger partial charge in [-0.1, -0.05) is 6.07 Å². The SMILES string of the molecule is N#Cc1cccc(Br)c1OCCN. The predicted molar refractivity (Wildman–Crippen MR) is 53.4 cm³/mol. The number of nitrogens with two attached hydrogens (primary N) is 1. The van der Waals surface area contributed by atoms with Crippen molar-refractivity contribution in [3.05, 3.63) is 28.2 Å². The van der Waals surface area contributed by atoms with Gasteiger partial charge < -0.3 is 10.5 Å². The van der Waals surface area contributed by atoms with E-state index in [0.29, 0.717) is 24.5 Å². The third kappa shape index (κ3) is 2.44. The first-order valence-corrected chi connectivity index (χ1v) is 4.60. The maximum atomic E-state index is 8.76. The Balaban J connectivity index is 2.95. The van der Waals surface area contributed by atoms with Crippen LogP contribution in [0, 0.1) is 11.3 Å². The van der Waals surface area contributed by atoms with Gasteiger partial charge in [-0.05, 0) is 28.1 Å². The van der Waals surface area contributed by atoms with Gasteiger partial charge in [0.05, 0.1) is 10.0 Å². The predicted octanol–water partition coefficient (Wildman–Crippen LogP) is 1.66. The van der Waals surface area contributed by atoms with Crippen molar-refractivity contribution in [1.82, 2.24) is 0 Å². The van der Waals surface area contributed by atoms with E-state index in [1.54, 1.807) is 12.1 Å². The molecule has 4 heteroatoms. The van der Waals surface area contributed by atoms with Gasteiger partial charge in [-0.2, -0.15) is 5.26 Å². The van der Waals surface area contributed by atoms with E-state index < -0.39 is 0 Å². The van der Waals surface area contributed by atoms with Crippen LogP contribution in [0.5, 0.6) is 5.75 Å². The second-order valence-electron chi connectivity index (χ2n) is 2.37. The lowest BCUT2D eigenvalue weighted by Gasteiger charge is -2.07. The van der Waals surface area contributed by atoms with Crippen LogP contribution in [0.3, 0.4) is 0 Å². The van der Waals surface area contributed by atoms with E-state index in [2.05, 4.69) is 15.9 Å². The first kappa shape index (κ1) is 10.0. The fourth-order valence-corrected chi connectivity index (χ4v) is 1.39. The summed E-state index contributed by atoms with van der Waals surface area (Å²) in [6.45, 7) is 0.851. The van der Waals surface area contributed by atoms with Crippen molar-refractivity contribution in [1.29, 1.82) is 5.26 Å². The molecule has 0 spiro atoms. The van der Waals surface area contributed by atoms with Crippen LogP contribution >= 0.6 is 15.9 Å². The third-order valence-corrected chi connectivity index (χ3v) is 2.08. The molecule has 13 heavy (non-hydrogen) atoms. The van der Waals surface area contributed by atoms with Crippen LogP contribution < -0.4 is 10.5 Å². The van der Waals surface area contributed by atoms with E-state index in [-0.39, 0.29) is 0 Å². The highest BCUT2D eigenvalue weighted by Gasteiger charge is 2.06. The Kier molecular flexibility index (Phi) is 3.74. The van der Waals surface area contributed by atoms with Crippen molar-refractivity contribution in [3.63, 3.8) is 0 Å². The zero-order valence-electron chi connectivity index (χ0n) is 6.96. The topological polar surface area (TPSA) is 59.0 Å². The summed E-state index contributed by atoms with van der Waals surface area (Å²) in [6.07, 6.45) is 0. The minimum atomic E-state index is 0.414. The molecule has 0 unspecified atom stereocenters. The molecule has 0 aliphatic rings. The molecule has 2 N–H and O–H groups in total. The highest BCUT2D eigenvalue weighted by atomic mass is 79.9. The molecule has 0 fully saturated rings. The number of hydrogen-bond donors (Lipinski definition) is 1. The maximum absolute atomic E-state index is 8.76. The molecule has 1 aromatic rings. The number of nitrogens with zero attached hydrogens (tertiary/aromatic N) is 1. The van der Waals surface area contributed by atoms with Gasteiger partial charge in [0.2, 0.25) is 0 Å². The Morgan fingerprint density at radius 2 is 2.31 bits per heavy atom. The minimum Gasteiger partial charge on any atom is -0.490 e. The van der Waals surface area contributed by atoms with Crippen LogP contribution in [0.4, 0.5) is 0 Å². The van der Waals surface area contributed by atoms with E-state index in [9.17, 15) is 0 Å². The molecule has 1 rings (SSSR count). The van der Waals surface area contributed by atoms with Crippen molar-refractivity contribution in [2.75, 3.05) is 13.2 Å². The molecular weight excluding hydrogens is 232 g/mol. The number of ether oxygens (including phenoxy) is 1. The maximum Gasteiger partial charge on any atom is 0.151 e. The van der Waals surface area contributed by atoms with E-state index >= 15 is 0 Å². The van der Waals surface area contributed by atoms with Crippen molar-refractivity contribution in [2.24, 2.45) is 5.73 Å². The summed E-state index contributed by atoms with van der Waals surface area (Å²) < 4.78 is 6.09. The number of benzene rings is 1. The number of para-hydroxylation sites is 1. The molecule has 0 aromatic heterocycles. The second kappa shape index (κ2) is 4.85. The van der Waals surface area contributed by atoms with Crippen molar-refractivity contribution in [2.45, 2.75) is 0 Å². The van der Waals surface area contributed by atoms with Crippen molar-refractivity contribution >= 4 is 15.9 Å². The van der Waals surface area contributed by atoms with E-state index in [0.717, 1.165) is 4.47 Å². The molecular formula is C9H9BrN2O. The molecule has 0 heterocycles. The summed E-state index contributed by atoms with van der Waals surface area (Å²) in [6, 6.07) is 7.37. The number of nitriles is 1. The first-order valence-electron chi connectivity index (χ1n) is 3.81. The van der Waals surface area contributed by atoms with Gasteiger partial charge in [-0.15, -0.1) is 0 Å². The molecule has 0 atom stereocenters. The Bertz CT molecular complexity index is 333. The molecule has 3 nitrogen and oxygen atoms in total. The molecule has 0 saturated carbocycles. The molecule has 68 valence electrons. The van der Waals surface area contributed by atoms with Crippen LogP contribution in [0.15, 0.2) is 22.7 Å². The average molecular weight is 241 g/mol. The quantitative estimate of drug-likeness (QED) is 0.875. The van der Waals surface area contributed by atoms with Crippen LogP contribution in [0.1, 0.15) is 5.56 Å². The normalized spacial score (nSPS) is 9.31. The van der Waals surface area contributed by atoms with Crippen LogP contribution in [-0.2, 0) is 0 Å². The van der Waals surface area contributed by atoms with E-state index in [4.69, 9.17) is 15.7 Å². The summed E-state index contributed by atoms with van der Waals surface area (Å²) >= 11 is 3.30. The van der Waals surface area contributed by atoms with E-state index in [1.165, 1.54) is 0 Å². The van der Waals surface area contributed by atoms with Crippen LogP contribution in [0.2, 0.25) is 0 Å². The summed E-state index contributed by atoms with van der Waals surface area (Å²) in [4.78, 5) is 0. The van der Waals surface area contributed by atoms with Crippen LogP contribution in [-0.4, -0.2) is 13.2 Å². The van der Waals surface area contributed by atoms with Gasteiger partial charge in [0.1, 0.15) is 12.7 Å². The Morgan fingerprint density at radius 1 is 1.54 bits per heavy atom. The Hall–Kier alpha value is -1.05. The fraction of sp³-hybridized carbons (Fsp3) is 0.222. The number of hydrogen-bond acceptors (Lipinski definition) is 3. The Morgan fingerprint density at radius 3 is 2.92 bits per heavy atom. The lowest BCUT2D eigenvalue weighted by atomic mass is 10.2. The minimum absolute atomic E-state index is 0.414. The molecule has 1 aromatic carbocycles. The number of halogens is 1. The summed E-state index contributed by atoms with van der Waals surface area (Å²) in [5, 5.41) is 8.76. The first-order chi connectivity index (χ1) is 6.29. The lowest BCUT2D eigenvalue weighted by molar-refractivity contribution is 0.325. The van der Waals surface area contributed by atoms with Gasteiger partial charge in [-0.3, -0.25) is 0 Å². The smallest absolute Gasteiger partial charge is 0.151 e. The fourth-order valence-electron chi connectivity index (χ4n) is 0.905. The standard InChI is InChI=1S/C9H9BrN2O/c10-8-3-1-2-7(6-12)9(8)13-5-4-11/h1-3H,4-5,11H2. The third-order valence-electron chi connectivity index (χ3n) is 1.45. The van der Waals surface area contributed by atoms with Gasteiger partial charge in [0.25, 0.3) is 0 Å². The molecule has 0 saturated heterocycles. The summed E-state index contributed by atoms with van der Waals surface area (Å²) in [5.41, 5.74) is 5.81. The van der Waals surface area contributed by atoms with Crippen molar-refractivity contribution < 1.29 is 4.74 Å². The zero-order valence-corrected chi connectivity index (χ0v) is 8.54. The van der Waals surface area contributed by atoms with Crippen molar-refractivity contribution in [3.8, 4) is 11.8 Å². The molecule has 0 aliphatic heterocycles. The average Bonchev–Trinajstić information content (AvgIpc) is 2.15. The summed E-state index contributed by atoms with van der Waals surface area (Å²) in [5.74, 6) is 0.565. The monoisotopic (exact) mass is 240 g/mol. The molecule has 0 bridgehead atoms. The van der Waals surface area contributed by atoms with Gasteiger partial charge in [-0.25, -0.2) is 0 Å². The largest absolute Gasteiger partial charge is 0.490 e. The molecule has 0 amide bonds. The second-order valence-corrected chi connectivity index (χ2v) is 3.22. The van der Waals surface area contributed by atoms with Gasteiger partial charge in [0.15, 0.2) is 5.75 Å². The zero-order chi connectivity index (χ0) is 9.68. The molecule has 0 radical (unpaired) electrons. The highest BCUT2D eigenvalue weighted by Crippen LogP contribution is 2.28.